The standard InChI is InChI=1S/C17H15NS/c1-12-6-9-17(16(18)10-12)19-15-8-7-13-4-2-3-5-14(13)11-15/h2-11H,18H2,1H3. The maximum absolute atomic E-state index is 6.06. The van der Waals surface area contributed by atoms with E-state index in [0.29, 0.717) is 0 Å². The highest BCUT2D eigenvalue weighted by molar-refractivity contribution is 7.99. The van der Waals surface area contributed by atoms with Gasteiger partial charge in [0.05, 0.1) is 0 Å². The van der Waals surface area contributed by atoms with Crippen LogP contribution in [-0.2, 0) is 0 Å². The number of fused-ring (bicyclic) bond motifs is 1. The van der Waals surface area contributed by atoms with Crippen LogP contribution in [0.15, 0.2) is 70.5 Å². The summed E-state index contributed by atoms with van der Waals surface area (Å²) in [5.74, 6) is 0. The first-order valence-electron chi connectivity index (χ1n) is 6.25. The van der Waals surface area contributed by atoms with Crippen molar-refractivity contribution in [3.05, 3.63) is 66.2 Å². The van der Waals surface area contributed by atoms with Crippen LogP contribution in [0.1, 0.15) is 5.56 Å². The van der Waals surface area contributed by atoms with Crippen LogP contribution in [0.5, 0.6) is 0 Å². The average molecular weight is 265 g/mol. The van der Waals surface area contributed by atoms with Crippen molar-refractivity contribution in [3.8, 4) is 0 Å². The number of anilines is 1. The van der Waals surface area contributed by atoms with Crippen LogP contribution >= 0.6 is 11.8 Å². The average Bonchev–Trinajstić information content (AvgIpc) is 2.42. The Bertz CT molecular complexity index is 734. The van der Waals surface area contributed by atoms with Gasteiger partial charge in [0, 0.05) is 15.5 Å². The number of nitrogens with two attached hydrogens (primary N) is 1. The van der Waals surface area contributed by atoms with E-state index >= 15 is 0 Å². The number of benzene rings is 3. The molecule has 2 heteroatoms. The molecule has 1 nitrogen and oxygen atoms in total. The molecule has 0 spiro atoms. The molecule has 94 valence electrons. The predicted octanol–water partition coefficient (Wildman–Crippen LogP) is 4.88. The van der Waals surface area contributed by atoms with Crippen molar-refractivity contribution in [3.63, 3.8) is 0 Å². The van der Waals surface area contributed by atoms with Crippen LogP contribution in [0, 0.1) is 6.92 Å². The van der Waals surface area contributed by atoms with E-state index in [-0.39, 0.29) is 0 Å². The number of hydrogen-bond acceptors (Lipinski definition) is 2. The van der Waals surface area contributed by atoms with Gasteiger partial charge in [-0.1, -0.05) is 48.2 Å². The molecule has 0 bridgehead atoms. The lowest BCUT2D eigenvalue weighted by Gasteiger charge is -2.07. The molecule has 0 aliphatic rings. The van der Waals surface area contributed by atoms with Gasteiger partial charge >= 0.3 is 0 Å². The first kappa shape index (κ1) is 12.1. The third kappa shape index (κ3) is 2.59. The van der Waals surface area contributed by atoms with E-state index in [9.17, 15) is 0 Å². The highest BCUT2D eigenvalue weighted by Crippen LogP contribution is 2.33. The molecule has 0 saturated heterocycles. The molecule has 3 aromatic rings. The second-order valence-corrected chi connectivity index (χ2v) is 5.77. The van der Waals surface area contributed by atoms with Gasteiger partial charge in [-0.15, -0.1) is 0 Å². The summed E-state index contributed by atoms with van der Waals surface area (Å²) < 4.78 is 0. The van der Waals surface area contributed by atoms with Crippen molar-refractivity contribution < 1.29 is 0 Å². The van der Waals surface area contributed by atoms with Crippen molar-refractivity contribution in [1.29, 1.82) is 0 Å². The summed E-state index contributed by atoms with van der Waals surface area (Å²) in [6, 6.07) is 21.1. The molecule has 0 amide bonds. The maximum Gasteiger partial charge on any atom is 0.0458 e. The lowest BCUT2D eigenvalue weighted by Crippen LogP contribution is -1.89. The quantitative estimate of drug-likeness (QED) is 0.668. The molecule has 0 radical (unpaired) electrons. The van der Waals surface area contributed by atoms with Gasteiger partial charge in [-0.25, -0.2) is 0 Å². The van der Waals surface area contributed by atoms with Crippen LogP contribution in [0.25, 0.3) is 10.8 Å². The minimum atomic E-state index is 0.846. The van der Waals surface area contributed by atoms with Crippen LogP contribution in [-0.4, -0.2) is 0 Å². The Morgan fingerprint density at radius 2 is 1.63 bits per heavy atom. The second-order valence-electron chi connectivity index (χ2n) is 4.65. The van der Waals surface area contributed by atoms with Gasteiger partial charge in [0.2, 0.25) is 0 Å². The van der Waals surface area contributed by atoms with Gasteiger partial charge < -0.3 is 5.73 Å². The number of nitrogen functional groups attached to an aromatic ring is 1. The highest BCUT2D eigenvalue weighted by atomic mass is 32.2. The van der Waals surface area contributed by atoms with Crippen LogP contribution in [0.2, 0.25) is 0 Å². The van der Waals surface area contributed by atoms with Crippen LogP contribution in [0.4, 0.5) is 5.69 Å². The Morgan fingerprint density at radius 3 is 2.42 bits per heavy atom. The zero-order chi connectivity index (χ0) is 13.2. The molecule has 0 aliphatic heterocycles. The number of aryl methyl sites for hydroxylation is 1. The fourth-order valence-corrected chi connectivity index (χ4v) is 3.01. The molecule has 0 fully saturated rings. The Hall–Kier alpha value is -1.93. The fraction of sp³-hybridized carbons (Fsp3) is 0.0588. The van der Waals surface area contributed by atoms with Crippen molar-refractivity contribution in [2.45, 2.75) is 16.7 Å². The van der Waals surface area contributed by atoms with Crippen molar-refractivity contribution in [2.24, 2.45) is 0 Å². The van der Waals surface area contributed by atoms with Crippen molar-refractivity contribution >= 4 is 28.2 Å². The summed E-state index contributed by atoms with van der Waals surface area (Å²) in [7, 11) is 0. The molecule has 0 saturated carbocycles. The Balaban J connectivity index is 1.96. The fourth-order valence-electron chi connectivity index (χ4n) is 2.12. The van der Waals surface area contributed by atoms with Gasteiger partial charge in [-0.2, -0.15) is 0 Å². The SMILES string of the molecule is Cc1ccc(Sc2ccc3ccccc3c2)c(N)c1. The van der Waals surface area contributed by atoms with Crippen molar-refractivity contribution in [2.75, 3.05) is 5.73 Å². The molecular weight excluding hydrogens is 250 g/mol. The van der Waals surface area contributed by atoms with Crippen LogP contribution < -0.4 is 5.73 Å². The third-order valence-corrected chi connectivity index (χ3v) is 4.20. The van der Waals surface area contributed by atoms with E-state index in [1.807, 2.05) is 6.07 Å². The Kier molecular flexibility index (Phi) is 3.18. The van der Waals surface area contributed by atoms with E-state index in [2.05, 4.69) is 61.5 Å². The zero-order valence-electron chi connectivity index (χ0n) is 10.8. The van der Waals surface area contributed by atoms with E-state index < -0.39 is 0 Å². The largest absolute Gasteiger partial charge is 0.398 e. The molecule has 0 aromatic heterocycles. The topological polar surface area (TPSA) is 26.0 Å². The third-order valence-electron chi connectivity index (χ3n) is 3.11. The summed E-state index contributed by atoms with van der Waals surface area (Å²) in [5, 5.41) is 2.53. The molecule has 0 atom stereocenters. The maximum atomic E-state index is 6.06. The molecule has 0 unspecified atom stereocenters. The number of hydrogen-bond donors (Lipinski definition) is 1. The first-order chi connectivity index (χ1) is 9.22. The highest BCUT2D eigenvalue weighted by Gasteiger charge is 2.03. The van der Waals surface area contributed by atoms with Gasteiger partial charge in [0.25, 0.3) is 0 Å². The first-order valence-corrected chi connectivity index (χ1v) is 7.07. The summed E-state index contributed by atoms with van der Waals surface area (Å²) in [4.78, 5) is 2.33. The number of rotatable bonds is 2. The Labute approximate surface area is 117 Å². The minimum absolute atomic E-state index is 0.846. The van der Waals surface area contributed by atoms with E-state index in [0.717, 1.165) is 10.6 Å². The molecule has 0 heterocycles. The predicted molar refractivity (Wildman–Crippen MR) is 83.7 cm³/mol. The Morgan fingerprint density at radius 1 is 0.842 bits per heavy atom. The molecule has 3 aromatic carbocycles. The summed E-state index contributed by atoms with van der Waals surface area (Å²) in [6.07, 6.45) is 0. The minimum Gasteiger partial charge on any atom is -0.398 e. The van der Waals surface area contributed by atoms with Crippen LogP contribution in [0.3, 0.4) is 0 Å². The summed E-state index contributed by atoms with van der Waals surface area (Å²) in [5.41, 5.74) is 8.10. The zero-order valence-corrected chi connectivity index (χ0v) is 11.6. The van der Waals surface area contributed by atoms with Gasteiger partial charge in [0.1, 0.15) is 0 Å². The summed E-state index contributed by atoms with van der Waals surface area (Å²) in [6.45, 7) is 2.06. The van der Waals surface area contributed by atoms with E-state index in [1.165, 1.54) is 21.2 Å². The molecule has 3 rings (SSSR count). The molecule has 2 N–H and O–H groups in total. The second kappa shape index (κ2) is 4.98. The van der Waals surface area contributed by atoms with E-state index in [1.54, 1.807) is 11.8 Å². The normalized spacial score (nSPS) is 10.8. The molecule has 19 heavy (non-hydrogen) atoms. The van der Waals surface area contributed by atoms with Gasteiger partial charge in [0.15, 0.2) is 0 Å². The van der Waals surface area contributed by atoms with Gasteiger partial charge in [-0.3, -0.25) is 0 Å². The monoisotopic (exact) mass is 265 g/mol. The summed E-state index contributed by atoms with van der Waals surface area (Å²) >= 11 is 1.71. The van der Waals surface area contributed by atoms with Crippen molar-refractivity contribution in [1.82, 2.24) is 0 Å². The lowest BCUT2D eigenvalue weighted by molar-refractivity contribution is 1.37. The van der Waals surface area contributed by atoms with E-state index in [4.69, 9.17) is 5.73 Å². The molecule has 0 aliphatic carbocycles. The molecular formula is C17H15NS. The lowest BCUT2D eigenvalue weighted by atomic mass is 10.1. The smallest absolute Gasteiger partial charge is 0.0458 e. The van der Waals surface area contributed by atoms with Gasteiger partial charge in [-0.05, 0) is 47.5 Å².